The van der Waals surface area contributed by atoms with Crippen LogP contribution in [-0.4, -0.2) is 27.8 Å². The molecule has 4 aromatic rings. The summed E-state index contributed by atoms with van der Waals surface area (Å²) in [5.74, 6) is 0.523. The van der Waals surface area contributed by atoms with E-state index < -0.39 is 5.25 Å². The Hall–Kier alpha value is -3.65. The molecular weight excluding hydrogens is 463 g/mol. The smallest absolute Gasteiger partial charge is 0.242 e. The molecule has 0 bridgehead atoms. The molecule has 1 atom stereocenters. The van der Waals surface area contributed by atoms with Crippen molar-refractivity contribution < 1.29 is 13.9 Å². The van der Waals surface area contributed by atoms with Gasteiger partial charge >= 0.3 is 0 Å². The summed E-state index contributed by atoms with van der Waals surface area (Å²) >= 11 is 1.32. The van der Waals surface area contributed by atoms with Crippen molar-refractivity contribution in [3.63, 3.8) is 0 Å². The van der Waals surface area contributed by atoms with Gasteiger partial charge in [0.05, 0.1) is 18.4 Å². The Labute approximate surface area is 207 Å². The average Bonchev–Trinajstić information content (AvgIpc) is 3.62. The number of nitrogens with one attached hydrogen (secondary N) is 1. The van der Waals surface area contributed by atoms with Crippen LogP contribution in [0.25, 0.3) is 11.4 Å². The molecule has 0 saturated heterocycles. The SMILES string of the molecule is COc1ccc(C)cc1NC(=O)C(Sc1nnc(-c2ccccc2F)n1C1CC1)c1ccccc1. The number of carbonyl (C=O) groups excluding carboxylic acids is 1. The van der Waals surface area contributed by atoms with Crippen molar-refractivity contribution in [2.24, 2.45) is 0 Å². The second-order valence-corrected chi connectivity index (χ2v) is 9.56. The van der Waals surface area contributed by atoms with Gasteiger partial charge in [-0.25, -0.2) is 4.39 Å². The molecule has 0 aliphatic heterocycles. The first-order chi connectivity index (χ1) is 17.0. The zero-order chi connectivity index (χ0) is 24.4. The van der Waals surface area contributed by atoms with Crippen molar-refractivity contribution in [1.82, 2.24) is 14.8 Å². The number of aromatic nitrogens is 3. The minimum atomic E-state index is -0.600. The molecule has 0 radical (unpaired) electrons. The highest BCUT2D eigenvalue weighted by molar-refractivity contribution is 8.00. The quantitative estimate of drug-likeness (QED) is 0.299. The summed E-state index contributed by atoms with van der Waals surface area (Å²) in [6, 6.07) is 22.0. The number of rotatable bonds is 8. The topological polar surface area (TPSA) is 69.0 Å². The van der Waals surface area contributed by atoms with Gasteiger partial charge in [0.1, 0.15) is 16.8 Å². The molecule has 1 amide bonds. The lowest BCUT2D eigenvalue weighted by atomic mass is 10.1. The van der Waals surface area contributed by atoms with Crippen LogP contribution in [0.5, 0.6) is 5.75 Å². The molecule has 35 heavy (non-hydrogen) atoms. The molecule has 0 spiro atoms. The number of nitrogens with zero attached hydrogens (tertiary/aromatic N) is 3. The fourth-order valence-electron chi connectivity index (χ4n) is 3.97. The molecule has 1 fully saturated rings. The minimum absolute atomic E-state index is 0.193. The van der Waals surface area contributed by atoms with Crippen LogP contribution in [0.4, 0.5) is 10.1 Å². The molecule has 1 aliphatic rings. The summed E-state index contributed by atoms with van der Waals surface area (Å²) in [5, 5.41) is 11.8. The Bertz CT molecular complexity index is 1350. The van der Waals surface area contributed by atoms with E-state index in [0.717, 1.165) is 24.0 Å². The molecule has 8 heteroatoms. The highest BCUT2D eigenvalue weighted by Crippen LogP contribution is 2.44. The molecule has 3 aromatic carbocycles. The first kappa shape index (κ1) is 23.1. The third kappa shape index (κ3) is 4.93. The van der Waals surface area contributed by atoms with Crippen LogP contribution < -0.4 is 10.1 Å². The molecule has 1 heterocycles. The van der Waals surface area contributed by atoms with E-state index in [-0.39, 0.29) is 17.8 Å². The Morgan fingerprint density at radius 3 is 2.54 bits per heavy atom. The van der Waals surface area contributed by atoms with Gasteiger partial charge in [0.15, 0.2) is 11.0 Å². The third-order valence-electron chi connectivity index (χ3n) is 5.87. The van der Waals surface area contributed by atoms with E-state index in [1.807, 2.05) is 60.0 Å². The molecule has 1 saturated carbocycles. The van der Waals surface area contributed by atoms with E-state index in [2.05, 4.69) is 15.5 Å². The van der Waals surface area contributed by atoms with Crippen LogP contribution in [0.2, 0.25) is 0 Å². The Morgan fingerprint density at radius 1 is 1.09 bits per heavy atom. The van der Waals surface area contributed by atoms with E-state index in [4.69, 9.17) is 4.74 Å². The van der Waals surface area contributed by atoms with Gasteiger partial charge in [0.25, 0.3) is 0 Å². The van der Waals surface area contributed by atoms with E-state index in [0.29, 0.717) is 28.0 Å². The Kier molecular flexibility index (Phi) is 6.55. The number of halogens is 1. The van der Waals surface area contributed by atoms with E-state index >= 15 is 0 Å². The molecule has 1 N–H and O–H groups in total. The number of anilines is 1. The highest BCUT2D eigenvalue weighted by Gasteiger charge is 2.33. The van der Waals surface area contributed by atoms with E-state index in [1.54, 1.807) is 25.3 Å². The number of amides is 1. The van der Waals surface area contributed by atoms with Crippen LogP contribution >= 0.6 is 11.8 Å². The maximum atomic E-state index is 14.6. The molecule has 6 nitrogen and oxygen atoms in total. The van der Waals surface area contributed by atoms with Crippen molar-refractivity contribution in [1.29, 1.82) is 0 Å². The zero-order valence-electron chi connectivity index (χ0n) is 19.4. The Balaban J connectivity index is 1.51. The van der Waals surface area contributed by atoms with Gasteiger partial charge in [-0.15, -0.1) is 10.2 Å². The summed E-state index contributed by atoms with van der Waals surface area (Å²) in [6.07, 6.45) is 1.94. The standard InChI is InChI=1S/C27H25FN4O2S/c1-17-12-15-23(34-2)22(16-17)29-26(33)24(18-8-4-3-5-9-18)35-27-31-30-25(32(27)19-13-14-19)20-10-6-7-11-21(20)28/h3-12,15-16,19,24H,13-14H2,1-2H3,(H,29,33). The number of hydrogen-bond acceptors (Lipinski definition) is 5. The summed E-state index contributed by atoms with van der Waals surface area (Å²) in [7, 11) is 1.58. The van der Waals surface area contributed by atoms with Gasteiger partial charge in [-0.2, -0.15) is 0 Å². The number of methoxy groups -OCH3 is 1. The zero-order valence-corrected chi connectivity index (χ0v) is 20.3. The summed E-state index contributed by atoms with van der Waals surface area (Å²) in [6.45, 7) is 1.96. The lowest BCUT2D eigenvalue weighted by Gasteiger charge is -2.19. The van der Waals surface area contributed by atoms with Crippen molar-refractivity contribution in [3.05, 3.63) is 89.7 Å². The number of ether oxygens (including phenoxy) is 1. The van der Waals surface area contributed by atoms with Crippen molar-refractivity contribution in [2.75, 3.05) is 12.4 Å². The van der Waals surface area contributed by atoms with E-state index in [9.17, 15) is 9.18 Å². The first-order valence-electron chi connectivity index (χ1n) is 11.4. The number of carbonyl (C=O) groups is 1. The first-order valence-corrected chi connectivity index (χ1v) is 12.3. The van der Waals surface area contributed by atoms with E-state index in [1.165, 1.54) is 17.8 Å². The predicted molar refractivity (Wildman–Crippen MR) is 135 cm³/mol. The maximum absolute atomic E-state index is 14.6. The van der Waals surface area contributed by atoms with Gasteiger partial charge in [-0.3, -0.25) is 9.36 Å². The van der Waals surface area contributed by atoms with Crippen molar-refractivity contribution >= 4 is 23.4 Å². The van der Waals surface area contributed by atoms with Crippen LogP contribution in [0.3, 0.4) is 0 Å². The molecule has 1 aliphatic carbocycles. The molecule has 178 valence electrons. The maximum Gasteiger partial charge on any atom is 0.242 e. The highest BCUT2D eigenvalue weighted by atomic mass is 32.2. The van der Waals surface area contributed by atoms with Gasteiger partial charge in [0.2, 0.25) is 5.91 Å². The summed E-state index contributed by atoms with van der Waals surface area (Å²) in [5.41, 5.74) is 2.85. The second-order valence-electron chi connectivity index (χ2n) is 8.49. The third-order valence-corrected chi connectivity index (χ3v) is 7.08. The lowest BCUT2D eigenvalue weighted by Crippen LogP contribution is -2.20. The summed E-state index contributed by atoms with van der Waals surface area (Å²) in [4.78, 5) is 13.6. The normalized spacial score (nSPS) is 13.9. The second kappa shape index (κ2) is 9.92. The number of benzene rings is 3. The number of aryl methyl sites for hydroxylation is 1. The van der Waals surface area contributed by atoms with Crippen LogP contribution in [0, 0.1) is 12.7 Å². The van der Waals surface area contributed by atoms with Crippen LogP contribution in [0.15, 0.2) is 78.0 Å². The van der Waals surface area contributed by atoms with Crippen LogP contribution in [0.1, 0.15) is 35.3 Å². The van der Waals surface area contributed by atoms with Crippen LogP contribution in [-0.2, 0) is 4.79 Å². The summed E-state index contributed by atoms with van der Waals surface area (Å²) < 4.78 is 22.0. The lowest BCUT2D eigenvalue weighted by molar-refractivity contribution is -0.115. The molecule has 1 unspecified atom stereocenters. The minimum Gasteiger partial charge on any atom is -0.495 e. The van der Waals surface area contributed by atoms with Crippen molar-refractivity contribution in [3.8, 4) is 17.1 Å². The largest absolute Gasteiger partial charge is 0.495 e. The average molecular weight is 489 g/mol. The number of hydrogen-bond donors (Lipinski definition) is 1. The molecule has 5 rings (SSSR count). The molecule has 1 aromatic heterocycles. The van der Waals surface area contributed by atoms with Gasteiger partial charge in [-0.1, -0.05) is 60.3 Å². The molecular formula is C27H25FN4O2S. The fourth-order valence-corrected chi connectivity index (χ4v) is 5.08. The van der Waals surface area contributed by atoms with Gasteiger partial charge < -0.3 is 10.1 Å². The Morgan fingerprint density at radius 2 is 1.83 bits per heavy atom. The van der Waals surface area contributed by atoms with Gasteiger partial charge in [0, 0.05) is 6.04 Å². The monoisotopic (exact) mass is 488 g/mol. The number of thioether (sulfide) groups is 1. The fraction of sp³-hybridized carbons (Fsp3) is 0.222. The van der Waals surface area contributed by atoms with Gasteiger partial charge in [-0.05, 0) is 55.2 Å². The van der Waals surface area contributed by atoms with Crippen molar-refractivity contribution in [2.45, 2.75) is 36.2 Å². The predicted octanol–water partition coefficient (Wildman–Crippen LogP) is 6.21.